The highest BCUT2D eigenvalue weighted by molar-refractivity contribution is 5.91. The molecule has 1 aliphatic heterocycles. The number of carboxylic acid groups (broad SMARTS) is 1. The minimum Gasteiger partial charge on any atom is -0.478 e. The van der Waals surface area contributed by atoms with E-state index in [-0.39, 0.29) is 6.23 Å². The van der Waals surface area contributed by atoms with Gasteiger partial charge in [0.15, 0.2) is 0 Å². The van der Waals surface area contributed by atoms with E-state index in [0.717, 1.165) is 24.1 Å². The zero-order valence-corrected chi connectivity index (χ0v) is 8.49. The van der Waals surface area contributed by atoms with Crippen molar-refractivity contribution in [1.82, 2.24) is 0 Å². The van der Waals surface area contributed by atoms with Gasteiger partial charge in [0.1, 0.15) is 6.23 Å². The van der Waals surface area contributed by atoms with Crippen molar-refractivity contribution in [3.05, 3.63) is 29.3 Å². The second-order valence-electron chi connectivity index (χ2n) is 3.54. The second-order valence-corrected chi connectivity index (χ2v) is 3.54. The van der Waals surface area contributed by atoms with Gasteiger partial charge in [0.2, 0.25) is 0 Å². The fourth-order valence-electron chi connectivity index (χ4n) is 1.89. The number of carboxylic acids is 1. The third kappa shape index (κ3) is 1.80. The fraction of sp³-hybridized carbons (Fsp3) is 0.364. The monoisotopic (exact) mass is 207 g/mol. The highest BCUT2D eigenvalue weighted by Crippen LogP contribution is 2.27. The van der Waals surface area contributed by atoms with E-state index in [0.29, 0.717) is 5.56 Å². The highest BCUT2D eigenvalue weighted by Gasteiger charge is 2.21. The summed E-state index contributed by atoms with van der Waals surface area (Å²) in [5.74, 6) is -0.871. The van der Waals surface area contributed by atoms with Crippen molar-refractivity contribution in [3.63, 3.8) is 0 Å². The number of ether oxygens (including phenoxy) is 1. The van der Waals surface area contributed by atoms with Crippen LogP contribution < -0.4 is 5.32 Å². The first-order valence-electron chi connectivity index (χ1n) is 4.87. The van der Waals surface area contributed by atoms with Gasteiger partial charge in [0.25, 0.3) is 0 Å². The molecular weight excluding hydrogens is 194 g/mol. The van der Waals surface area contributed by atoms with Crippen LogP contribution in [0, 0.1) is 0 Å². The molecule has 0 saturated heterocycles. The Morgan fingerprint density at radius 3 is 3.07 bits per heavy atom. The first kappa shape index (κ1) is 9.98. The summed E-state index contributed by atoms with van der Waals surface area (Å²) in [7, 11) is 1.64. The van der Waals surface area contributed by atoms with Crippen LogP contribution in [-0.4, -0.2) is 24.4 Å². The smallest absolute Gasteiger partial charge is 0.336 e. The Morgan fingerprint density at radius 1 is 1.60 bits per heavy atom. The minimum absolute atomic E-state index is 0.0125. The molecule has 1 atom stereocenters. The van der Waals surface area contributed by atoms with Crippen molar-refractivity contribution in [2.24, 2.45) is 0 Å². The van der Waals surface area contributed by atoms with Crippen LogP contribution in [0.2, 0.25) is 0 Å². The molecule has 0 aliphatic carbocycles. The zero-order valence-electron chi connectivity index (χ0n) is 8.49. The summed E-state index contributed by atoms with van der Waals surface area (Å²) in [6.45, 7) is 0. The molecule has 80 valence electrons. The predicted molar refractivity (Wildman–Crippen MR) is 56.1 cm³/mol. The average Bonchev–Trinajstić information content (AvgIpc) is 2.27. The lowest BCUT2D eigenvalue weighted by molar-refractivity contribution is 0.0694. The zero-order chi connectivity index (χ0) is 10.8. The van der Waals surface area contributed by atoms with E-state index in [1.165, 1.54) is 0 Å². The normalized spacial score (nSPS) is 19.1. The number of fused-ring (bicyclic) bond motifs is 1. The lowest BCUT2D eigenvalue weighted by atomic mass is 9.97. The molecule has 1 unspecified atom stereocenters. The van der Waals surface area contributed by atoms with Crippen molar-refractivity contribution in [2.45, 2.75) is 19.1 Å². The molecule has 0 aromatic heterocycles. The second kappa shape index (κ2) is 3.90. The molecule has 0 saturated carbocycles. The van der Waals surface area contributed by atoms with E-state index in [1.807, 2.05) is 6.07 Å². The number of hydrogen-bond donors (Lipinski definition) is 2. The van der Waals surface area contributed by atoms with E-state index >= 15 is 0 Å². The predicted octanol–water partition coefficient (Wildman–Crippen LogP) is 1.72. The third-order valence-electron chi connectivity index (χ3n) is 2.66. The summed E-state index contributed by atoms with van der Waals surface area (Å²) < 4.78 is 5.19. The lowest BCUT2D eigenvalue weighted by Crippen LogP contribution is -2.28. The number of rotatable bonds is 2. The van der Waals surface area contributed by atoms with Crippen molar-refractivity contribution in [3.8, 4) is 0 Å². The molecule has 2 rings (SSSR count). The van der Waals surface area contributed by atoms with Crippen LogP contribution in [0.5, 0.6) is 0 Å². The van der Waals surface area contributed by atoms with Crippen LogP contribution in [0.25, 0.3) is 0 Å². The molecule has 0 spiro atoms. The maximum absolute atomic E-state index is 11.0. The van der Waals surface area contributed by atoms with Crippen molar-refractivity contribution in [2.75, 3.05) is 12.4 Å². The van der Waals surface area contributed by atoms with Crippen LogP contribution in [0.4, 0.5) is 5.69 Å². The number of hydrogen-bond acceptors (Lipinski definition) is 3. The maximum atomic E-state index is 11.0. The summed E-state index contributed by atoms with van der Waals surface area (Å²) in [5, 5.41) is 12.2. The van der Waals surface area contributed by atoms with Crippen LogP contribution in [0.3, 0.4) is 0 Å². The molecule has 0 radical (unpaired) electrons. The third-order valence-corrected chi connectivity index (χ3v) is 2.66. The summed E-state index contributed by atoms with van der Waals surface area (Å²) in [5.41, 5.74) is 2.13. The lowest BCUT2D eigenvalue weighted by Gasteiger charge is -2.26. The molecule has 1 aliphatic rings. The Balaban J connectivity index is 2.37. The Labute approximate surface area is 87.9 Å². The number of benzene rings is 1. The molecule has 0 amide bonds. The number of carbonyl (C=O) groups is 1. The molecule has 2 N–H and O–H groups in total. The average molecular weight is 207 g/mol. The van der Waals surface area contributed by atoms with E-state index in [2.05, 4.69) is 5.32 Å². The Morgan fingerprint density at radius 2 is 2.40 bits per heavy atom. The van der Waals surface area contributed by atoms with Gasteiger partial charge in [0.05, 0.1) is 5.56 Å². The van der Waals surface area contributed by atoms with E-state index < -0.39 is 5.97 Å². The van der Waals surface area contributed by atoms with Gasteiger partial charge in [-0.2, -0.15) is 0 Å². The first-order chi connectivity index (χ1) is 7.22. The highest BCUT2D eigenvalue weighted by atomic mass is 16.5. The van der Waals surface area contributed by atoms with Gasteiger partial charge in [-0.25, -0.2) is 4.79 Å². The number of anilines is 1. The van der Waals surface area contributed by atoms with Gasteiger partial charge in [-0.15, -0.1) is 0 Å². The van der Waals surface area contributed by atoms with Gasteiger partial charge in [-0.1, -0.05) is 6.07 Å². The van der Waals surface area contributed by atoms with Crippen LogP contribution in [0.1, 0.15) is 22.3 Å². The van der Waals surface area contributed by atoms with Crippen molar-refractivity contribution < 1.29 is 14.6 Å². The van der Waals surface area contributed by atoms with Gasteiger partial charge in [-0.05, 0) is 30.5 Å². The van der Waals surface area contributed by atoms with E-state index in [9.17, 15) is 4.79 Å². The Hall–Kier alpha value is -1.55. The van der Waals surface area contributed by atoms with Crippen molar-refractivity contribution >= 4 is 11.7 Å². The fourth-order valence-corrected chi connectivity index (χ4v) is 1.89. The number of nitrogens with one attached hydrogen (secondary N) is 1. The van der Waals surface area contributed by atoms with Crippen LogP contribution >= 0.6 is 0 Å². The number of methoxy groups -OCH3 is 1. The summed E-state index contributed by atoms with van der Waals surface area (Å²) in [6.07, 6.45) is 1.53. The van der Waals surface area contributed by atoms with Gasteiger partial charge < -0.3 is 15.2 Å². The molecule has 4 nitrogen and oxygen atoms in total. The van der Waals surface area contributed by atoms with Crippen LogP contribution in [0.15, 0.2) is 18.2 Å². The summed E-state index contributed by atoms with van der Waals surface area (Å²) in [4.78, 5) is 11.0. The minimum atomic E-state index is -0.871. The summed E-state index contributed by atoms with van der Waals surface area (Å²) >= 11 is 0. The Kier molecular flexibility index (Phi) is 2.60. The topological polar surface area (TPSA) is 58.6 Å². The van der Waals surface area contributed by atoms with E-state index in [1.54, 1.807) is 19.2 Å². The van der Waals surface area contributed by atoms with Crippen molar-refractivity contribution in [1.29, 1.82) is 0 Å². The molecule has 0 fully saturated rings. The molecular formula is C11H13NO3. The quantitative estimate of drug-likeness (QED) is 0.775. The molecule has 4 heteroatoms. The van der Waals surface area contributed by atoms with Gasteiger partial charge >= 0.3 is 5.97 Å². The molecule has 15 heavy (non-hydrogen) atoms. The molecule has 1 aromatic carbocycles. The van der Waals surface area contributed by atoms with Crippen LogP contribution in [-0.2, 0) is 11.2 Å². The summed E-state index contributed by atoms with van der Waals surface area (Å²) in [6, 6.07) is 5.26. The first-order valence-corrected chi connectivity index (χ1v) is 4.87. The SMILES string of the molecule is COC1CCc2c(cccc2C(=O)O)N1. The van der Waals surface area contributed by atoms with E-state index in [4.69, 9.17) is 9.84 Å². The molecule has 0 bridgehead atoms. The maximum Gasteiger partial charge on any atom is 0.336 e. The van der Waals surface area contributed by atoms with Gasteiger partial charge in [-0.3, -0.25) is 0 Å². The molecule has 1 heterocycles. The standard InChI is InChI=1S/C11H13NO3/c1-15-10-6-5-7-8(11(13)14)3-2-4-9(7)12-10/h2-4,10,12H,5-6H2,1H3,(H,13,14). The number of aromatic carboxylic acids is 1. The largest absolute Gasteiger partial charge is 0.478 e. The molecule has 1 aromatic rings. The Bertz CT molecular complexity index is 389. The van der Waals surface area contributed by atoms with Gasteiger partial charge in [0, 0.05) is 12.8 Å².